The molecule has 134 valence electrons. The molecule has 0 aliphatic heterocycles. The third-order valence-electron chi connectivity index (χ3n) is 5.59. The molecule has 1 aliphatic rings. The quantitative estimate of drug-likeness (QED) is 0.325. The summed E-state index contributed by atoms with van der Waals surface area (Å²) in [6.45, 7) is 0. The fourth-order valence-corrected chi connectivity index (χ4v) is 4.23. The first-order valence-electron chi connectivity index (χ1n) is 9.30. The Bertz CT molecular complexity index is 949. The third kappa shape index (κ3) is 3.54. The minimum absolute atomic E-state index is 0.0470. The van der Waals surface area contributed by atoms with Crippen molar-refractivity contribution in [2.24, 2.45) is 0 Å². The lowest BCUT2D eigenvalue weighted by atomic mass is 9.58. The first kappa shape index (κ1) is 17.9. The summed E-state index contributed by atoms with van der Waals surface area (Å²) in [6, 6.07) is 27.3. The zero-order chi connectivity index (χ0) is 18.7. The Kier molecular flexibility index (Phi) is 5.09. The fraction of sp³-hybridized carbons (Fsp3) is 0.160. The summed E-state index contributed by atoms with van der Waals surface area (Å²) in [5, 5.41) is 0. The molecule has 2 heteroatoms. The van der Waals surface area contributed by atoms with Crippen LogP contribution >= 0.6 is 15.9 Å². The number of hydrogen-bond acceptors (Lipinski definition) is 1. The van der Waals surface area contributed by atoms with E-state index in [1.54, 1.807) is 0 Å². The van der Waals surface area contributed by atoms with Crippen molar-refractivity contribution in [3.8, 4) is 0 Å². The number of hydrogen-bond donors (Lipinski definition) is 0. The molecule has 0 bridgehead atoms. The van der Waals surface area contributed by atoms with E-state index in [9.17, 15) is 4.79 Å². The van der Waals surface area contributed by atoms with Crippen molar-refractivity contribution in [2.75, 3.05) is 0 Å². The SMILES string of the molecule is O=Cc1ccc(/C=C(\c2ccccc2)C2(c3ccc(Br)cc3)CCC2)cc1. The van der Waals surface area contributed by atoms with Crippen molar-refractivity contribution >= 4 is 33.9 Å². The summed E-state index contributed by atoms with van der Waals surface area (Å²) in [5.74, 6) is 0. The molecule has 0 N–H and O–H groups in total. The van der Waals surface area contributed by atoms with E-state index in [2.05, 4.69) is 76.6 Å². The second-order valence-corrected chi connectivity index (χ2v) is 8.07. The van der Waals surface area contributed by atoms with Gasteiger partial charge in [0.2, 0.25) is 0 Å². The average Bonchev–Trinajstić information content (AvgIpc) is 2.69. The van der Waals surface area contributed by atoms with Crippen LogP contribution in [-0.2, 0) is 5.41 Å². The van der Waals surface area contributed by atoms with Gasteiger partial charge in [0.05, 0.1) is 0 Å². The summed E-state index contributed by atoms with van der Waals surface area (Å²) in [5.41, 5.74) is 5.87. The predicted molar refractivity (Wildman–Crippen MR) is 116 cm³/mol. The summed E-state index contributed by atoms with van der Waals surface area (Å²) in [6.07, 6.45) is 6.74. The molecule has 0 spiro atoms. The number of halogens is 1. The molecule has 0 unspecified atom stereocenters. The Hall–Kier alpha value is -2.45. The highest BCUT2D eigenvalue weighted by Crippen LogP contribution is 2.53. The summed E-state index contributed by atoms with van der Waals surface area (Å²) >= 11 is 3.56. The standard InChI is InChI=1S/C25H21BrO/c26-23-13-11-22(12-14-23)25(15-4-16-25)24(21-5-2-1-3-6-21)17-19-7-9-20(18-27)10-8-19/h1-3,5-14,17-18H,4,15-16H2/b24-17+. The van der Waals surface area contributed by atoms with Crippen molar-refractivity contribution in [3.63, 3.8) is 0 Å². The molecule has 3 aromatic carbocycles. The Morgan fingerprint density at radius 3 is 2.00 bits per heavy atom. The van der Waals surface area contributed by atoms with Gasteiger partial charge in [-0.1, -0.05) is 95.2 Å². The van der Waals surface area contributed by atoms with E-state index in [-0.39, 0.29) is 5.41 Å². The first-order valence-corrected chi connectivity index (χ1v) is 10.1. The van der Waals surface area contributed by atoms with Crippen LogP contribution in [0.15, 0.2) is 83.3 Å². The Balaban J connectivity index is 1.85. The fourth-order valence-electron chi connectivity index (χ4n) is 3.97. The number of carbonyl (C=O) groups is 1. The molecule has 0 amide bonds. The Labute approximate surface area is 168 Å². The summed E-state index contributed by atoms with van der Waals surface area (Å²) in [4.78, 5) is 11.0. The van der Waals surface area contributed by atoms with Crippen LogP contribution in [-0.4, -0.2) is 6.29 Å². The van der Waals surface area contributed by atoms with Crippen LogP contribution < -0.4 is 0 Å². The zero-order valence-electron chi connectivity index (χ0n) is 15.1. The highest BCUT2D eigenvalue weighted by Gasteiger charge is 2.42. The van der Waals surface area contributed by atoms with Crippen LogP contribution in [0.4, 0.5) is 0 Å². The molecular weight excluding hydrogens is 396 g/mol. The minimum atomic E-state index is 0.0470. The molecule has 3 aromatic rings. The zero-order valence-corrected chi connectivity index (χ0v) is 16.7. The lowest BCUT2D eigenvalue weighted by Crippen LogP contribution is -2.35. The lowest BCUT2D eigenvalue weighted by molar-refractivity contribution is 0.112. The smallest absolute Gasteiger partial charge is 0.150 e. The molecule has 1 aliphatic carbocycles. The van der Waals surface area contributed by atoms with Gasteiger partial charge in [-0.3, -0.25) is 4.79 Å². The maximum atomic E-state index is 11.0. The van der Waals surface area contributed by atoms with Crippen LogP contribution in [0.25, 0.3) is 11.6 Å². The monoisotopic (exact) mass is 416 g/mol. The van der Waals surface area contributed by atoms with Crippen LogP contribution in [0.2, 0.25) is 0 Å². The maximum absolute atomic E-state index is 11.0. The van der Waals surface area contributed by atoms with Gasteiger partial charge in [0, 0.05) is 15.5 Å². The molecule has 0 saturated heterocycles. The highest BCUT2D eigenvalue weighted by atomic mass is 79.9. The van der Waals surface area contributed by atoms with Gasteiger partial charge in [-0.15, -0.1) is 0 Å². The second-order valence-electron chi connectivity index (χ2n) is 7.15. The molecule has 1 fully saturated rings. The number of carbonyl (C=O) groups excluding carboxylic acids is 1. The van der Waals surface area contributed by atoms with Gasteiger partial charge in [-0.05, 0) is 47.2 Å². The summed E-state index contributed by atoms with van der Waals surface area (Å²) in [7, 11) is 0. The molecule has 1 saturated carbocycles. The van der Waals surface area contributed by atoms with Gasteiger partial charge in [0.15, 0.2) is 0 Å². The molecule has 27 heavy (non-hydrogen) atoms. The van der Waals surface area contributed by atoms with Crippen molar-refractivity contribution < 1.29 is 4.79 Å². The molecule has 0 radical (unpaired) electrons. The first-order chi connectivity index (χ1) is 13.2. The molecule has 0 aromatic heterocycles. The van der Waals surface area contributed by atoms with Crippen LogP contribution in [0.1, 0.15) is 46.3 Å². The summed E-state index contributed by atoms with van der Waals surface area (Å²) < 4.78 is 1.11. The van der Waals surface area contributed by atoms with Crippen LogP contribution in [0.5, 0.6) is 0 Å². The van der Waals surface area contributed by atoms with Gasteiger partial charge in [-0.2, -0.15) is 0 Å². The van der Waals surface area contributed by atoms with E-state index < -0.39 is 0 Å². The van der Waals surface area contributed by atoms with E-state index in [0.717, 1.165) is 29.2 Å². The van der Waals surface area contributed by atoms with Gasteiger partial charge in [0.25, 0.3) is 0 Å². The van der Waals surface area contributed by atoms with Gasteiger partial charge >= 0.3 is 0 Å². The number of aldehydes is 1. The normalized spacial score (nSPS) is 15.8. The number of benzene rings is 3. The van der Waals surface area contributed by atoms with Gasteiger partial charge in [-0.25, -0.2) is 0 Å². The van der Waals surface area contributed by atoms with E-state index in [0.29, 0.717) is 5.56 Å². The minimum Gasteiger partial charge on any atom is -0.298 e. The van der Waals surface area contributed by atoms with Crippen molar-refractivity contribution in [3.05, 3.63) is 106 Å². The van der Waals surface area contributed by atoms with Crippen molar-refractivity contribution in [2.45, 2.75) is 24.7 Å². The maximum Gasteiger partial charge on any atom is 0.150 e. The van der Waals surface area contributed by atoms with Crippen LogP contribution in [0, 0.1) is 0 Å². The van der Waals surface area contributed by atoms with Gasteiger partial charge < -0.3 is 0 Å². The number of rotatable bonds is 5. The largest absolute Gasteiger partial charge is 0.298 e. The Morgan fingerprint density at radius 1 is 0.815 bits per heavy atom. The van der Waals surface area contributed by atoms with Crippen molar-refractivity contribution in [1.82, 2.24) is 0 Å². The van der Waals surface area contributed by atoms with Crippen molar-refractivity contribution in [1.29, 1.82) is 0 Å². The molecule has 4 rings (SSSR count). The lowest BCUT2D eigenvalue weighted by Gasteiger charge is -2.45. The molecule has 1 nitrogen and oxygen atoms in total. The third-order valence-corrected chi connectivity index (χ3v) is 6.12. The topological polar surface area (TPSA) is 17.1 Å². The van der Waals surface area contributed by atoms with Crippen LogP contribution in [0.3, 0.4) is 0 Å². The van der Waals surface area contributed by atoms with Gasteiger partial charge in [0.1, 0.15) is 6.29 Å². The molecule has 0 atom stereocenters. The van der Waals surface area contributed by atoms with E-state index >= 15 is 0 Å². The average molecular weight is 417 g/mol. The highest BCUT2D eigenvalue weighted by molar-refractivity contribution is 9.10. The van der Waals surface area contributed by atoms with E-state index in [1.165, 1.54) is 23.1 Å². The number of allylic oxidation sites excluding steroid dienone is 1. The Morgan fingerprint density at radius 2 is 1.44 bits per heavy atom. The molecule has 0 heterocycles. The van der Waals surface area contributed by atoms with E-state index in [4.69, 9.17) is 0 Å². The van der Waals surface area contributed by atoms with E-state index in [1.807, 2.05) is 24.3 Å². The second kappa shape index (κ2) is 7.66. The predicted octanol–water partition coefficient (Wildman–Crippen LogP) is 6.92. The molecular formula is C25H21BrO.